The monoisotopic (exact) mass is 238 g/mol. The van der Waals surface area contributed by atoms with Crippen molar-refractivity contribution >= 4 is 11.9 Å². The molecule has 7 nitrogen and oxygen atoms in total. The molecule has 0 aliphatic carbocycles. The summed E-state index contributed by atoms with van der Waals surface area (Å²) in [4.78, 5) is 26.6. The van der Waals surface area contributed by atoms with Gasteiger partial charge in [0.25, 0.3) is 0 Å². The predicted octanol–water partition coefficient (Wildman–Crippen LogP) is 1.17. The summed E-state index contributed by atoms with van der Waals surface area (Å²) in [6, 6.07) is -0.865. The quantitative estimate of drug-likeness (QED) is 0.325. The topological polar surface area (TPSA) is 106 Å². The van der Waals surface area contributed by atoms with E-state index in [0.29, 0.717) is 6.54 Å². The van der Waals surface area contributed by atoms with Gasteiger partial charge >= 0.3 is 5.97 Å². The first-order valence-electron chi connectivity index (χ1n) is 5.24. The van der Waals surface area contributed by atoms with E-state index in [2.05, 4.69) is 16.6 Å². The lowest BCUT2D eigenvalue weighted by molar-refractivity contribution is -0.148. The maximum absolute atomic E-state index is 11.7. The van der Waals surface area contributed by atoms with Crippen molar-refractivity contribution in [3.05, 3.63) is 23.1 Å². The molecule has 0 aromatic rings. The Balaban J connectivity index is 2.70. The summed E-state index contributed by atoms with van der Waals surface area (Å²) in [7, 11) is 0. The second-order valence-electron chi connectivity index (χ2n) is 3.91. The number of hydrogen-bond donors (Lipinski definition) is 1. The second-order valence-corrected chi connectivity index (χ2v) is 3.91. The van der Waals surface area contributed by atoms with Gasteiger partial charge in [-0.2, -0.15) is 0 Å². The Hall–Kier alpha value is -2.01. The Kier molecular flexibility index (Phi) is 4.54. The first kappa shape index (κ1) is 13.1. The molecule has 17 heavy (non-hydrogen) atoms. The first-order valence-corrected chi connectivity index (χ1v) is 5.24. The van der Waals surface area contributed by atoms with Gasteiger partial charge < -0.3 is 10.0 Å². The van der Waals surface area contributed by atoms with E-state index in [1.54, 1.807) is 0 Å². The van der Waals surface area contributed by atoms with Crippen LogP contribution in [0.5, 0.6) is 0 Å². The Morgan fingerprint density at radius 1 is 1.82 bits per heavy atom. The molecule has 0 bridgehead atoms. The zero-order chi connectivity index (χ0) is 12.8. The van der Waals surface area contributed by atoms with Crippen molar-refractivity contribution in [3.63, 3.8) is 0 Å². The largest absolute Gasteiger partial charge is 0.480 e. The number of likely N-dealkylation sites (tertiary alicyclic amines) is 1. The molecule has 1 rings (SSSR count). The third-order valence-corrected chi connectivity index (χ3v) is 2.69. The summed E-state index contributed by atoms with van der Waals surface area (Å²) in [5.41, 5.74) is 8.19. The number of azide groups is 1. The molecule has 0 aromatic heterocycles. The van der Waals surface area contributed by atoms with Crippen molar-refractivity contribution in [2.75, 3.05) is 13.1 Å². The van der Waals surface area contributed by atoms with Crippen LogP contribution in [0.25, 0.3) is 10.4 Å². The summed E-state index contributed by atoms with van der Waals surface area (Å²) in [5, 5.41) is 12.4. The minimum absolute atomic E-state index is 0.0925. The van der Waals surface area contributed by atoms with Gasteiger partial charge in [0.05, 0.1) is 0 Å². The van der Waals surface area contributed by atoms with Gasteiger partial charge in [-0.1, -0.05) is 11.2 Å². The van der Waals surface area contributed by atoms with Gasteiger partial charge in [0, 0.05) is 24.4 Å². The molecule has 92 valence electrons. The Labute approximate surface area is 98.3 Å². The van der Waals surface area contributed by atoms with Crippen LogP contribution in [0.3, 0.4) is 0 Å². The molecule has 0 aromatic carbocycles. The van der Waals surface area contributed by atoms with E-state index in [0.717, 1.165) is 0 Å². The van der Waals surface area contributed by atoms with Gasteiger partial charge in [0.15, 0.2) is 0 Å². The lowest BCUT2D eigenvalue weighted by Gasteiger charge is -2.23. The van der Waals surface area contributed by atoms with Crippen LogP contribution in [0.15, 0.2) is 17.8 Å². The molecule has 0 radical (unpaired) electrons. The van der Waals surface area contributed by atoms with Gasteiger partial charge in [-0.25, -0.2) is 4.79 Å². The molecule has 1 unspecified atom stereocenters. The van der Waals surface area contributed by atoms with Crippen molar-refractivity contribution < 1.29 is 14.7 Å². The van der Waals surface area contributed by atoms with Gasteiger partial charge in [-0.15, -0.1) is 6.58 Å². The highest BCUT2D eigenvalue weighted by Gasteiger charge is 2.36. The predicted molar refractivity (Wildman–Crippen MR) is 60.1 cm³/mol. The van der Waals surface area contributed by atoms with E-state index >= 15 is 0 Å². The summed E-state index contributed by atoms with van der Waals surface area (Å²) >= 11 is 0. The summed E-state index contributed by atoms with van der Waals surface area (Å²) in [6.07, 6.45) is 1.93. The van der Waals surface area contributed by atoms with Gasteiger partial charge in [0.1, 0.15) is 6.04 Å². The molecule has 1 heterocycles. The number of carboxylic acids is 1. The van der Waals surface area contributed by atoms with E-state index in [9.17, 15) is 9.59 Å². The van der Waals surface area contributed by atoms with Gasteiger partial charge in [0.2, 0.25) is 5.91 Å². The van der Waals surface area contributed by atoms with Crippen LogP contribution in [-0.4, -0.2) is 41.0 Å². The molecule has 1 amide bonds. The van der Waals surface area contributed by atoms with Crippen LogP contribution in [-0.2, 0) is 9.59 Å². The number of aliphatic carboxylic acids is 1. The minimum Gasteiger partial charge on any atom is -0.480 e. The highest BCUT2D eigenvalue weighted by molar-refractivity contribution is 5.85. The van der Waals surface area contributed by atoms with Gasteiger partial charge in [-0.05, 0) is 17.9 Å². The van der Waals surface area contributed by atoms with Crippen molar-refractivity contribution in [1.82, 2.24) is 4.90 Å². The van der Waals surface area contributed by atoms with Crippen molar-refractivity contribution in [3.8, 4) is 0 Å². The van der Waals surface area contributed by atoms with Crippen LogP contribution in [0, 0.1) is 5.92 Å². The summed E-state index contributed by atoms with van der Waals surface area (Å²) in [6.45, 7) is 4.02. The summed E-state index contributed by atoms with van der Waals surface area (Å²) < 4.78 is 0. The Bertz CT molecular complexity index is 376. The molecule has 0 saturated carbocycles. The van der Waals surface area contributed by atoms with E-state index < -0.39 is 12.0 Å². The number of nitrogens with zero attached hydrogens (tertiary/aromatic N) is 4. The lowest BCUT2D eigenvalue weighted by atomic mass is 10.1. The third kappa shape index (κ3) is 3.22. The maximum atomic E-state index is 11.7. The molecule has 1 N–H and O–H groups in total. The van der Waals surface area contributed by atoms with E-state index in [-0.39, 0.29) is 31.2 Å². The van der Waals surface area contributed by atoms with Gasteiger partial charge in [-0.3, -0.25) is 4.79 Å². The number of hydrogen-bond acceptors (Lipinski definition) is 3. The molecule has 1 saturated heterocycles. The zero-order valence-electron chi connectivity index (χ0n) is 9.32. The molecule has 7 heteroatoms. The minimum atomic E-state index is -1.04. The number of rotatable bonds is 6. The van der Waals surface area contributed by atoms with E-state index in [1.165, 1.54) is 11.0 Å². The van der Waals surface area contributed by atoms with Crippen molar-refractivity contribution in [1.29, 1.82) is 0 Å². The molecule has 1 aliphatic heterocycles. The maximum Gasteiger partial charge on any atom is 0.326 e. The number of carbonyl (C=O) groups is 2. The Morgan fingerprint density at radius 3 is 3.06 bits per heavy atom. The van der Waals surface area contributed by atoms with Crippen LogP contribution >= 0.6 is 0 Å². The lowest BCUT2D eigenvalue weighted by Crippen LogP contribution is -2.42. The first-order chi connectivity index (χ1) is 8.10. The molecular formula is C10H14N4O3. The fourth-order valence-electron chi connectivity index (χ4n) is 1.90. The van der Waals surface area contributed by atoms with Crippen molar-refractivity contribution in [2.45, 2.75) is 18.9 Å². The second kappa shape index (κ2) is 5.91. The Morgan fingerprint density at radius 2 is 2.53 bits per heavy atom. The normalized spacial score (nSPS) is 20.8. The smallest absolute Gasteiger partial charge is 0.326 e. The average molecular weight is 238 g/mol. The molecule has 2 atom stereocenters. The van der Waals surface area contributed by atoms with Crippen LogP contribution in [0.2, 0.25) is 0 Å². The number of carbonyl (C=O) groups excluding carboxylic acids is 1. The summed E-state index contributed by atoms with van der Waals surface area (Å²) in [5.74, 6) is -1.34. The van der Waals surface area contributed by atoms with Crippen LogP contribution < -0.4 is 0 Å². The number of carboxylic acid groups (broad SMARTS) is 1. The van der Waals surface area contributed by atoms with E-state index in [1.807, 2.05) is 0 Å². The fraction of sp³-hybridized carbons (Fsp3) is 0.600. The van der Waals surface area contributed by atoms with Crippen LogP contribution in [0.4, 0.5) is 0 Å². The third-order valence-electron chi connectivity index (χ3n) is 2.69. The highest BCUT2D eigenvalue weighted by atomic mass is 16.4. The molecular weight excluding hydrogens is 224 g/mol. The van der Waals surface area contributed by atoms with E-state index in [4.69, 9.17) is 10.6 Å². The molecule has 1 fully saturated rings. The standard InChI is InChI=1S/C10H14N4O3/c1-2-3-8(10(16)17)14-6-7(4-9(14)15)5-12-13-11/h2,7-8H,1,3-6H2,(H,16,17)/t7?,8-/m0/s1. The fourth-order valence-corrected chi connectivity index (χ4v) is 1.90. The highest BCUT2D eigenvalue weighted by Crippen LogP contribution is 2.22. The molecule has 0 spiro atoms. The zero-order valence-corrected chi connectivity index (χ0v) is 9.32. The number of amides is 1. The van der Waals surface area contributed by atoms with Crippen LogP contribution in [0.1, 0.15) is 12.8 Å². The SMILES string of the molecule is C=CC[C@@H](C(=O)O)N1CC(CN=[N+]=[N-])CC1=O. The van der Waals surface area contributed by atoms with Crippen molar-refractivity contribution in [2.24, 2.45) is 11.0 Å². The average Bonchev–Trinajstić information content (AvgIpc) is 2.64. The molecule has 1 aliphatic rings.